The fraction of sp³-hybridized carbons (Fsp3) is 0.360. The van der Waals surface area contributed by atoms with Crippen LogP contribution in [0.2, 0.25) is 5.02 Å². The first-order chi connectivity index (χ1) is 13.2. The average Bonchev–Trinajstić information content (AvgIpc) is 2.75. The number of benzene rings is 2. The Balaban J connectivity index is 0.000000282. The molecule has 0 amide bonds. The molecule has 0 aliphatic heterocycles. The van der Waals surface area contributed by atoms with Crippen LogP contribution in [0.5, 0.6) is 0 Å². The van der Waals surface area contributed by atoms with E-state index in [1.807, 2.05) is 49.9 Å². The summed E-state index contributed by atoms with van der Waals surface area (Å²) in [5, 5.41) is 0.875. The fourth-order valence-corrected chi connectivity index (χ4v) is 3.65. The third kappa shape index (κ3) is 9.35. The van der Waals surface area contributed by atoms with Gasteiger partial charge in [-0.2, -0.15) is 0 Å². The molecule has 0 aromatic heterocycles. The van der Waals surface area contributed by atoms with Crippen LogP contribution in [0.15, 0.2) is 77.2 Å². The van der Waals surface area contributed by atoms with E-state index in [1.54, 1.807) is 0 Å². The summed E-state index contributed by atoms with van der Waals surface area (Å²) in [6, 6.07) is 18.6. The Morgan fingerprint density at radius 2 is 1.59 bits per heavy atom. The molecule has 0 saturated carbocycles. The zero-order valence-corrected chi connectivity index (χ0v) is 18.7. The van der Waals surface area contributed by atoms with Gasteiger partial charge in [-0.25, -0.2) is 0 Å². The first kappa shape index (κ1) is 23.6. The molecule has 0 nitrogen and oxygen atoms in total. The Labute approximate surface area is 175 Å². The summed E-state index contributed by atoms with van der Waals surface area (Å²) in [5.74, 6) is 0. The highest BCUT2D eigenvalue weighted by Gasteiger charge is 2.04. The van der Waals surface area contributed by atoms with Gasteiger partial charge in [0.2, 0.25) is 0 Å². The van der Waals surface area contributed by atoms with Crippen molar-refractivity contribution in [3.63, 3.8) is 0 Å². The molecule has 146 valence electrons. The Morgan fingerprint density at radius 3 is 2.19 bits per heavy atom. The molecular formula is C25H33ClS. The van der Waals surface area contributed by atoms with Gasteiger partial charge in [-0.3, -0.25) is 0 Å². The third-order valence-corrected chi connectivity index (χ3v) is 5.50. The van der Waals surface area contributed by atoms with Gasteiger partial charge >= 0.3 is 0 Å². The van der Waals surface area contributed by atoms with Crippen molar-refractivity contribution in [2.75, 3.05) is 6.26 Å². The number of rotatable bonds is 5. The topological polar surface area (TPSA) is 0 Å². The Bertz CT molecular complexity index is 701. The second kappa shape index (κ2) is 14.6. The molecule has 0 unspecified atom stereocenters. The van der Waals surface area contributed by atoms with Crippen LogP contribution >= 0.6 is 23.4 Å². The van der Waals surface area contributed by atoms with Gasteiger partial charge in [-0.1, -0.05) is 92.6 Å². The first-order valence-electron chi connectivity index (χ1n) is 9.93. The predicted octanol–water partition coefficient (Wildman–Crippen LogP) is 8.51. The van der Waals surface area contributed by atoms with Crippen molar-refractivity contribution in [3.05, 3.63) is 93.4 Å². The summed E-state index contributed by atoms with van der Waals surface area (Å²) in [5.41, 5.74) is 4.17. The Morgan fingerprint density at radius 1 is 0.926 bits per heavy atom. The summed E-state index contributed by atoms with van der Waals surface area (Å²) in [7, 11) is 0. The molecule has 1 aliphatic carbocycles. The van der Waals surface area contributed by atoms with Gasteiger partial charge in [-0.05, 0) is 66.5 Å². The summed E-state index contributed by atoms with van der Waals surface area (Å²) in [6.45, 7) is 6.10. The SMILES string of the molecule is CC.CCc1ccccc1Cl.CSC1=CC(CCc2ccccc2)=CCC1. The monoisotopic (exact) mass is 400 g/mol. The smallest absolute Gasteiger partial charge is 0.0437 e. The minimum Gasteiger partial charge on any atom is -0.134 e. The molecule has 0 saturated heterocycles. The molecule has 0 N–H and O–H groups in total. The van der Waals surface area contributed by atoms with Crippen LogP contribution in [0, 0.1) is 0 Å². The van der Waals surface area contributed by atoms with Crippen molar-refractivity contribution in [3.8, 4) is 0 Å². The van der Waals surface area contributed by atoms with Crippen molar-refractivity contribution < 1.29 is 0 Å². The molecule has 0 fully saturated rings. The van der Waals surface area contributed by atoms with Crippen LogP contribution in [0.3, 0.4) is 0 Å². The summed E-state index contributed by atoms with van der Waals surface area (Å²) in [4.78, 5) is 1.53. The number of hydrogen-bond acceptors (Lipinski definition) is 1. The number of aryl methyl sites for hydroxylation is 2. The highest BCUT2D eigenvalue weighted by atomic mass is 35.5. The molecule has 2 aromatic carbocycles. The fourth-order valence-electron chi connectivity index (χ4n) is 2.79. The van der Waals surface area contributed by atoms with Gasteiger partial charge < -0.3 is 0 Å². The van der Waals surface area contributed by atoms with Gasteiger partial charge in [0, 0.05) is 5.02 Å². The van der Waals surface area contributed by atoms with Crippen LogP contribution in [-0.2, 0) is 12.8 Å². The molecule has 3 rings (SSSR count). The third-order valence-electron chi connectivity index (χ3n) is 4.29. The van der Waals surface area contributed by atoms with Crippen LogP contribution < -0.4 is 0 Å². The van der Waals surface area contributed by atoms with Crippen LogP contribution in [0.4, 0.5) is 0 Å². The first-order valence-corrected chi connectivity index (χ1v) is 11.5. The van der Waals surface area contributed by atoms with E-state index < -0.39 is 0 Å². The zero-order valence-electron chi connectivity index (χ0n) is 17.2. The minimum absolute atomic E-state index is 0.875. The molecule has 0 atom stereocenters. The molecular weight excluding hydrogens is 368 g/mol. The summed E-state index contributed by atoms with van der Waals surface area (Å²) >= 11 is 7.72. The summed E-state index contributed by atoms with van der Waals surface area (Å²) < 4.78 is 0. The lowest BCUT2D eigenvalue weighted by molar-refractivity contribution is 0.915. The van der Waals surface area contributed by atoms with Crippen molar-refractivity contribution in [1.82, 2.24) is 0 Å². The molecule has 1 aliphatic rings. The van der Waals surface area contributed by atoms with Gasteiger partial charge in [0.25, 0.3) is 0 Å². The predicted molar refractivity (Wildman–Crippen MR) is 126 cm³/mol. The van der Waals surface area contributed by atoms with E-state index in [1.165, 1.54) is 40.9 Å². The number of thioether (sulfide) groups is 1. The van der Waals surface area contributed by atoms with Crippen molar-refractivity contribution >= 4 is 23.4 Å². The minimum atomic E-state index is 0.875. The standard InChI is InChI=1S/C15H18S.C8H9Cl.C2H6/c1-16-15-9-5-8-14(12-15)11-10-13-6-3-2-4-7-13;1-2-7-5-3-4-6-8(7)9;1-2/h2-4,6-8,12H,5,9-11H2,1H3;3-6H,2H2,1H3;1-2H3. The van der Waals surface area contributed by atoms with Crippen LogP contribution in [-0.4, -0.2) is 6.26 Å². The lowest BCUT2D eigenvalue weighted by Crippen LogP contribution is -1.92. The van der Waals surface area contributed by atoms with E-state index in [0.717, 1.165) is 17.9 Å². The maximum atomic E-state index is 5.82. The molecule has 0 radical (unpaired) electrons. The lowest BCUT2D eigenvalue weighted by Gasteiger charge is -2.12. The summed E-state index contributed by atoms with van der Waals surface area (Å²) in [6.07, 6.45) is 12.7. The Hall–Kier alpha value is -1.44. The molecule has 2 heteroatoms. The highest BCUT2D eigenvalue weighted by molar-refractivity contribution is 8.02. The van der Waals surface area contributed by atoms with E-state index >= 15 is 0 Å². The molecule has 0 spiro atoms. The largest absolute Gasteiger partial charge is 0.134 e. The molecule has 27 heavy (non-hydrogen) atoms. The van der Waals surface area contributed by atoms with E-state index in [4.69, 9.17) is 11.6 Å². The van der Waals surface area contributed by atoms with Crippen molar-refractivity contribution in [2.45, 2.75) is 52.9 Å². The maximum absolute atomic E-state index is 5.82. The van der Waals surface area contributed by atoms with Crippen LogP contribution in [0.25, 0.3) is 0 Å². The van der Waals surface area contributed by atoms with Crippen molar-refractivity contribution in [2.24, 2.45) is 0 Å². The van der Waals surface area contributed by atoms with Gasteiger partial charge in [0.15, 0.2) is 0 Å². The highest BCUT2D eigenvalue weighted by Crippen LogP contribution is 2.27. The van der Waals surface area contributed by atoms with Crippen molar-refractivity contribution in [1.29, 1.82) is 0 Å². The molecule has 2 aromatic rings. The second-order valence-corrected chi connectivity index (χ2v) is 7.40. The lowest BCUT2D eigenvalue weighted by atomic mass is 10.00. The van der Waals surface area contributed by atoms with Gasteiger partial charge in [0.05, 0.1) is 0 Å². The maximum Gasteiger partial charge on any atom is 0.0437 e. The molecule has 0 heterocycles. The normalized spacial score (nSPS) is 12.6. The van der Waals surface area contributed by atoms with E-state index in [9.17, 15) is 0 Å². The van der Waals surface area contributed by atoms with Gasteiger partial charge in [0.1, 0.15) is 0 Å². The van der Waals surface area contributed by atoms with E-state index in [0.29, 0.717) is 0 Å². The second-order valence-electron chi connectivity index (χ2n) is 6.06. The molecule has 0 bridgehead atoms. The number of halogens is 1. The number of hydrogen-bond donors (Lipinski definition) is 0. The van der Waals surface area contributed by atoms with Gasteiger partial charge in [-0.15, -0.1) is 11.8 Å². The quantitative estimate of drug-likeness (QED) is 0.484. The number of allylic oxidation sites excluding steroid dienone is 4. The van der Waals surface area contributed by atoms with E-state index in [-0.39, 0.29) is 0 Å². The van der Waals surface area contributed by atoms with E-state index in [2.05, 4.69) is 55.7 Å². The van der Waals surface area contributed by atoms with Crippen LogP contribution in [0.1, 0.15) is 51.2 Å². The average molecular weight is 401 g/mol. The Kier molecular flexibility index (Phi) is 12.8. The zero-order chi connectivity index (χ0) is 19.9.